The Morgan fingerprint density at radius 3 is 2.95 bits per heavy atom. The number of rotatable bonds is 5. The van der Waals surface area contributed by atoms with Crippen LogP contribution in [0.15, 0.2) is 17.3 Å². The van der Waals surface area contributed by atoms with E-state index in [0.717, 1.165) is 0 Å². The minimum atomic E-state index is -3.53. The van der Waals surface area contributed by atoms with E-state index in [9.17, 15) is 8.42 Å². The lowest BCUT2D eigenvalue weighted by Crippen LogP contribution is -2.46. The third kappa shape index (κ3) is 3.03. The van der Waals surface area contributed by atoms with E-state index in [0.29, 0.717) is 32.7 Å². The molecule has 0 radical (unpaired) electrons. The maximum atomic E-state index is 12.7. The zero-order valence-electron chi connectivity index (χ0n) is 11.9. The Morgan fingerprint density at radius 2 is 2.30 bits per heavy atom. The summed E-state index contributed by atoms with van der Waals surface area (Å²) in [4.78, 5) is 0. The maximum absolute atomic E-state index is 12.7. The first kappa shape index (κ1) is 15.4. The molecule has 114 valence electrons. The smallest absolute Gasteiger partial charge is 0.260 e. The van der Waals surface area contributed by atoms with Crippen LogP contribution in [0.4, 0.5) is 0 Å². The topological polar surface area (TPSA) is 90.5 Å². The summed E-state index contributed by atoms with van der Waals surface area (Å²) in [6, 6.07) is 1.54. The molecule has 0 unspecified atom stereocenters. The normalized spacial score (nSPS) is 21.5. The third-order valence-corrected chi connectivity index (χ3v) is 5.18. The fraction of sp³-hybridized carbons (Fsp3) is 0.750. The van der Waals surface area contributed by atoms with Crippen molar-refractivity contribution in [3.05, 3.63) is 12.3 Å². The van der Waals surface area contributed by atoms with Gasteiger partial charge >= 0.3 is 0 Å². The molecule has 1 aromatic heterocycles. The quantitative estimate of drug-likeness (QED) is 0.839. The first-order valence-corrected chi connectivity index (χ1v) is 8.26. The molecule has 1 aliphatic heterocycles. The van der Waals surface area contributed by atoms with Crippen molar-refractivity contribution in [3.8, 4) is 0 Å². The summed E-state index contributed by atoms with van der Waals surface area (Å²) in [5.74, 6) is 0. The van der Waals surface area contributed by atoms with Gasteiger partial charge in [0.25, 0.3) is 10.0 Å². The first-order valence-electron chi connectivity index (χ1n) is 6.82. The van der Waals surface area contributed by atoms with Gasteiger partial charge in [-0.05, 0) is 32.9 Å². The minimum Gasteiger partial charge on any atom is -0.375 e. The predicted octanol–water partition coefficient (Wildman–Crippen LogP) is 0.202. The lowest BCUT2D eigenvalue weighted by molar-refractivity contribution is -0.00421. The van der Waals surface area contributed by atoms with Gasteiger partial charge in [-0.25, -0.2) is 8.42 Å². The number of sulfonamides is 1. The number of nitrogens with two attached hydrogens (primary N) is 1. The van der Waals surface area contributed by atoms with Crippen molar-refractivity contribution in [2.24, 2.45) is 5.73 Å². The van der Waals surface area contributed by atoms with Crippen molar-refractivity contribution < 1.29 is 13.2 Å². The monoisotopic (exact) mass is 302 g/mol. The second kappa shape index (κ2) is 6.21. The Kier molecular flexibility index (Phi) is 4.79. The Morgan fingerprint density at radius 1 is 1.55 bits per heavy atom. The third-order valence-electron chi connectivity index (χ3n) is 3.32. The van der Waals surface area contributed by atoms with E-state index in [4.69, 9.17) is 10.5 Å². The van der Waals surface area contributed by atoms with Gasteiger partial charge in [0.1, 0.15) is 0 Å². The number of aromatic nitrogens is 2. The molecule has 8 heteroatoms. The summed E-state index contributed by atoms with van der Waals surface area (Å²) >= 11 is 0. The van der Waals surface area contributed by atoms with Crippen LogP contribution in [-0.2, 0) is 14.8 Å². The molecule has 1 aromatic rings. The van der Waals surface area contributed by atoms with Crippen molar-refractivity contribution in [3.63, 3.8) is 0 Å². The molecule has 0 spiro atoms. The van der Waals surface area contributed by atoms with Crippen LogP contribution in [0.1, 0.15) is 26.3 Å². The molecule has 0 amide bonds. The Bertz CT molecular complexity index is 539. The largest absolute Gasteiger partial charge is 0.375 e. The van der Waals surface area contributed by atoms with Crippen LogP contribution >= 0.6 is 0 Å². The van der Waals surface area contributed by atoms with Crippen molar-refractivity contribution in [2.75, 3.05) is 26.2 Å². The standard InChI is InChI=1S/C12H22N4O3S/c1-10(2)16-12(4-6-14-16)20(17,18)15-7-8-19-11(9-15)3-5-13/h4,6,10-11H,3,5,7-9,13H2,1-2H3/t11-/m0/s1. The van der Waals surface area contributed by atoms with Gasteiger partial charge in [-0.1, -0.05) is 0 Å². The molecule has 2 heterocycles. The highest BCUT2D eigenvalue weighted by molar-refractivity contribution is 7.89. The van der Waals surface area contributed by atoms with Gasteiger partial charge in [0.2, 0.25) is 0 Å². The van der Waals surface area contributed by atoms with Gasteiger partial charge in [0.05, 0.1) is 18.9 Å². The van der Waals surface area contributed by atoms with Crippen molar-refractivity contribution >= 4 is 10.0 Å². The molecule has 0 bridgehead atoms. The van der Waals surface area contributed by atoms with Crippen molar-refractivity contribution in [2.45, 2.75) is 37.4 Å². The molecule has 0 aliphatic carbocycles. The second-order valence-corrected chi connectivity index (χ2v) is 7.03. The zero-order chi connectivity index (χ0) is 14.8. The molecule has 0 aromatic carbocycles. The summed E-state index contributed by atoms with van der Waals surface area (Å²) in [5, 5.41) is 4.33. The summed E-state index contributed by atoms with van der Waals surface area (Å²) in [7, 11) is -3.53. The zero-order valence-corrected chi connectivity index (χ0v) is 12.7. The molecule has 2 N–H and O–H groups in total. The van der Waals surface area contributed by atoms with Crippen LogP contribution < -0.4 is 5.73 Å². The Hall–Kier alpha value is -0.960. The van der Waals surface area contributed by atoms with E-state index in [1.165, 1.54) is 15.2 Å². The number of morpholine rings is 1. The lowest BCUT2D eigenvalue weighted by atomic mass is 10.2. The van der Waals surface area contributed by atoms with Gasteiger partial charge in [0, 0.05) is 19.1 Å². The lowest BCUT2D eigenvalue weighted by Gasteiger charge is -2.32. The van der Waals surface area contributed by atoms with Crippen LogP contribution in [0, 0.1) is 0 Å². The summed E-state index contributed by atoms with van der Waals surface area (Å²) in [6.07, 6.45) is 2.05. The van der Waals surface area contributed by atoms with Gasteiger partial charge in [-0.2, -0.15) is 9.40 Å². The SMILES string of the molecule is CC(C)n1nccc1S(=O)(=O)N1CCO[C@@H](CCN)C1. The molecule has 0 saturated carbocycles. The van der Waals surface area contributed by atoms with E-state index < -0.39 is 10.0 Å². The van der Waals surface area contributed by atoms with Crippen LogP contribution in [0.2, 0.25) is 0 Å². The molecule has 1 fully saturated rings. The molecule has 1 atom stereocenters. The minimum absolute atomic E-state index is 0.00402. The highest BCUT2D eigenvalue weighted by Crippen LogP contribution is 2.21. The van der Waals surface area contributed by atoms with Gasteiger partial charge in [-0.3, -0.25) is 4.68 Å². The molecule has 1 aliphatic rings. The molecular weight excluding hydrogens is 280 g/mol. The average Bonchev–Trinajstić information content (AvgIpc) is 2.89. The van der Waals surface area contributed by atoms with E-state index in [2.05, 4.69) is 5.10 Å². The Balaban J connectivity index is 2.23. The van der Waals surface area contributed by atoms with E-state index in [1.54, 1.807) is 6.07 Å². The molecule has 2 rings (SSSR count). The fourth-order valence-electron chi connectivity index (χ4n) is 2.30. The van der Waals surface area contributed by atoms with Crippen LogP contribution in [0.5, 0.6) is 0 Å². The van der Waals surface area contributed by atoms with E-state index in [-0.39, 0.29) is 17.2 Å². The van der Waals surface area contributed by atoms with Gasteiger partial charge < -0.3 is 10.5 Å². The second-order valence-electron chi connectivity index (χ2n) is 5.14. The number of hydrogen-bond donors (Lipinski definition) is 1. The van der Waals surface area contributed by atoms with Gasteiger partial charge in [0.15, 0.2) is 5.03 Å². The maximum Gasteiger partial charge on any atom is 0.260 e. The highest BCUT2D eigenvalue weighted by atomic mass is 32.2. The fourth-order valence-corrected chi connectivity index (χ4v) is 3.97. The molecule has 1 saturated heterocycles. The summed E-state index contributed by atoms with van der Waals surface area (Å²) in [5.41, 5.74) is 5.51. The van der Waals surface area contributed by atoms with E-state index in [1.807, 2.05) is 13.8 Å². The molecular formula is C12H22N4O3S. The van der Waals surface area contributed by atoms with Crippen molar-refractivity contribution in [1.82, 2.24) is 14.1 Å². The summed E-state index contributed by atoms with van der Waals surface area (Å²) < 4.78 is 33.9. The number of ether oxygens (including phenoxy) is 1. The van der Waals surface area contributed by atoms with Crippen LogP contribution in [0.3, 0.4) is 0 Å². The Labute approximate surface area is 119 Å². The van der Waals surface area contributed by atoms with Gasteiger partial charge in [-0.15, -0.1) is 0 Å². The number of hydrogen-bond acceptors (Lipinski definition) is 5. The van der Waals surface area contributed by atoms with Crippen molar-refractivity contribution in [1.29, 1.82) is 0 Å². The average molecular weight is 302 g/mol. The van der Waals surface area contributed by atoms with E-state index >= 15 is 0 Å². The number of nitrogens with zero attached hydrogens (tertiary/aromatic N) is 3. The predicted molar refractivity (Wildman–Crippen MR) is 74.8 cm³/mol. The van der Waals surface area contributed by atoms with Crippen LogP contribution in [0.25, 0.3) is 0 Å². The molecule has 20 heavy (non-hydrogen) atoms. The first-order chi connectivity index (χ1) is 9.46. The van der Waals surface area contributed by atoms with Crippen LogP contribution in [-0.4, -0.2) is 54.8 Å². The highest BCUT2D eigenvalue weighted by Gasteiger charge is 2.33. The molecule has 7 nitrogen and oxygen atoms in total. The summed E-state index contributed by atoms with van der Waals surface area (Å²) in [6.45, 7) is 5.42.